The Balaban J connectivity index is 1.53. The van der Waals surface area contributed by atoms with Gasteiger partial charge in [-0.3, -0.25) is 14.3 Å². The third kappa shape index (κ3) is 5.77. The van der Waals surface area contributed by atoms with E-state index in [0.717, 1.165) is 22.6 Å². The first kappa shape index (κ1) is 23.4. The van der Waals surface area contributed by atoms with Gasteiger partial charge < -0.3 is 0 Å². The van der Waals surface area contributed by atoms with Crippen LogP contribution in [0.3, 0.4) is 0 Å². The molecule has 2 aromatic heterocycles. The number of benzene rings is 2. The highest BCUT2D eigenvalue weighted by Gasteiger charge is 2.19. The predicted octanol–water partition coefficient (Wildman–Crippen LogP) is 4.87. The average molecular weight is 471 g/mol. The molecule has 0 aliphatic rings. The Morgan fingerprint density at radius 2 is 1.71 bits per heavy atom. The average Bonchev–Trinajstić information content (AvgIpc) is 3.27. The van der Waals surface area contributed by atoms with E-state index < -0.39 is 0 Å². The zero-order valence-electron chi connectivity index (χ0n) is 19.3. The fourth-order valence-corrected chi connectivity index (χ4v) is 4.01. The maximum absolute atomic E-state index is 12.3. The second kappa shape index (κ2) is 10.4. The number of nitrogens with zero attached hydrogens (tertiary/aromatic N) is 5. The smallest absolute Gasteiger partial charge is 0.250 e. The molecule has 2 aromatic carbocycles. The molecule has 1 amide bonds. The van der Waals surface area contributed by atoms with E-state index in [4.69, 9.17) is 0 Å². The molecule has 0 aliphatic heterocycles. The Labute approximate surface area is 203 Å². The van der Waals surface area contributed by atoms with Crippen molar-refractivity contribution in [2.75, 3.05) is 5.75 Å². The molecule has 1 N–H and O–H groups in total. The van der Waals surface area contributed by atoms with Crippen molar-refractivity contribution in [3.63, 3.8) is 0 Å². The molecule has 0 fully saturated rings. The SMILES string of the molecule is CC(C)(C)c1ccc(-c2nnc(SCC(=O)NN=Cc3ccncc3)n2-c2ccccc2)cc1. The van der Waals surface area contributed by atoms with Crippen LogP contribution in [0.15, 0.2) is 89.4 Å². The number of aromatic nitrogens is 4. The first-order valence-corrected chi connectivity index (χ1v) is 11.9. The van der Waals surface area contributed by atoms with Crippen LogP contribution in [0, 0.1) is 0 Å². The van der Waals surface area contributed by atoms with E-state index in [1.807, 2.05) is 47.0 Å². The molecule has 0 atom stereocenters. The van der Waals surface area contributed by atoms with Gasteiger partial charge >= 0.3 is 0 Å². The van der Waals surface area contributed by atoms with Gasteiger partial charge in [0.2, 0.25) is 0 Å². The van der Waals surface area contributed by atoms with Gasteiger partial charge in [-0.15, -0.1) is 10.2 Å². The Bertz CT molecular complexity index is 1260. The fourth-order valence-electron chi connectivity index (χ4n) is 3.27. The van der Waals surface area contributed by atoms with Crippen molar-refractivity contribution in [3.8, 4) is 17.1 Å². The Kier molecular flexibility index (Phi) is 7.18. The van der Waals surface area contributed by atoms with Crippen LogP contribution in [0.4, 0.5) is 0 Å². The number of hydrazone groups is 1. The van der Waals surface area contributed by atoms with Crippen LogP contribution in [0.1, 0.15) is 31.9 Å². The van der Waals surface area contributed by atoms with Crippen molar-refractivity contribution in [3.05, 3.63) is 90.3 Å². The number of carbonyl (C=O) groups excluding carboxylic acids is 1. The molecule has 2 heterocycles. The van der Waals surface area contributed by atoms with Crippen LogP contribution >= 0.6 is 11.8 Å². The first-order chi connectivity index (χ1) is 16.4. The molecule has 7 nitrogen and oxygen atoms in total. The van der Waals surface area contributed by atoms with Crippen molar-refractivity contribution in [2.45, 2.75) is 31.3 Å². The summed E-state index contributed by atoms with van der Waals surface area (Å²) in [6.07, 6.45) is 4.92. The lowest BCUT2D eigenvalue weighted by Crippen LogP contribution is -2.20. The second-order valence-corrected chi connectivity index (χ2v) is 9.61. The number of para-hydroxylation sites is 1. The molecule has 0 saturated carbocycles. The molecule has 172 valence electrons. The zero-order valence-corrected chi connectivity index (χ0v) is 20.2. The van der Waals surface area contributed by atoms with E-state index >= 15 is 0 Å². The minimum atomic E-state index is -0.228. The molecular formula is C26H26N6OS. The summed E-state index contributed by atoms with van der Waals surface area (Å²) in [5.74, 6) is 0.654. The lowest BCUT2D eigenvalue weighted by molar-refractivity contribution is -0.118. The minimum Gasteiger partial charge on any atom is -0.272 e. The Morgan fingerprint density at radius 1 is 1.00 bits per heavy atom. The van der Waals surface area contributed by atoms with Crippen LogP contribution in [-0.4, -0.2) is 37.6 Å². The number of hydrogen-bond acceptors (Lipinski definition) is 6. The van der Waals surface area contributed by atoms with Gasteiger partial charge in [-0.1, -0.05) is 75.0 Å². The van der Waals surface area contributed by atoms with E-state index in [1.165, 1.54) is 17.3 Å². The highest BCUT2D eigenvalue weighted by atomic mass is 32.2. The van der Waals surface area contributed by atoms with Crippen molar-refractivity contribution in [1.29, 1.82) is 0 Å². The Hall–Kier alpha value is -3.78. The van der Waals surface area contributed by atoms with Gasteiger partial charge in [-0.05, 0) is 40.8 Å². The number of carbonyl (C=O) groups is 1. The molecule has 0 aliphatic carbocycles. The van der Waals surface area contributed by atoms with Crippen molar-refractivity contribution in [2.24, 2.45) is 5.10 Å². The molecular weight excluding hydrogens is 444 g/mol. The summed E-state index contributed by atoms with van der Waals surface area (Å²) < 4.78 is 1.98. The van der Waals surface area contributed by atoms with Crippen LogP contribution in [0.5, 0.6) is 0 Å². The van der Waals surface area contributed by atoms with E-state index in [9.17, 15) is 4.79 Å². The molecule has 8 heteroatoms. The largest absolute Gasteiger partial charge is 0.272 e. The van der Waals surface area contributed by atoms with Crippen molar-refractivity contribution in [1.82, 2.24) is 25.2 Å². The van der Waals surface area contributed by atoms with E-state index in [2.05, 4.69) is 70.7 Å². The van der Waals surface area contributed by atoms with E-state index in [-0.39, 0.29) is 17.1 Å². The van der Waals surface area contributed by atoms with Crippen LogP contribution in [0.2, 0.25) is 0 Å². The summed E-state index contributed by atoms with van der Waals surface area (Å²) in [7, 11) is 0. The van der Waals surface area contributed by atoms with Gasteiger partial charge in [0.05, 0.1) is 12.0 Å². The highest BCUT2D eigenvalue weighted by Crippen LogP contribution is 2.30. The zero-order chi connectivity index (χ0) is 24.0. The Morgan fingerprint density at radius 3 is 2.38 bits per heavy atom. The summed E-state index contributed by atoms with van der Waals surface area (Å²) in [6, 6.07) is 21.9. The molecule has 0 radical (unpaired) electrons. The molecule has 4 rings (SSSR count). The van der Waals surface area contributed by atoms with Crippen LogP contribution in [0.25, 0.3) is 17.1 Å². The first-order valence-electron chi connectivity index (χ1n) is 10.9. The standard InChI is InChI=1S/C26H26N6OS/c1-26(2,3)21-11-9-20(10-12-21)24-30-31-25(32(24)22-7-5-4-6-8-22)34-18-23(33)29-28-17-19-13-15-27-16-14-19/h4-17H,18H2,1-3H3,(H,29,33). The lowest BCUT2D eigenvalue weighted by Gasteiger charge is -2.19. The maximum Gasteiger partial charge on any atom is 0.250 e. The van der Waals surface area contributed by atoms with Gasteiger partial charge in [0.25, 0.3) is 5.91 Å². The predicted molar refractivity (Wildman–Crippen MR) is 136 cm³/mol. The number of rotatable bonds is 7. The van der Waals surface area contributed by atoms with Gasteiger partial charge in [0, 0.05) is 23.6 Å². The van der Waals surface area contributed by atoms with Gasteiger partial charge in [-0.2, -0.15) is 5.10 Å². The number of nitrogens with one attached hydrogen (secondary N) is 1. The monoisotopic (exact) mass is 470 g/mol. The second-order valence-electron chi connectivity index (χ2n) is 8.67. The number of pyridine rings is 1. The minimum absolute atomic E-state index is 0.0693. The summed E-state index contributed by atoms with van der Waals surface area (Å²) in [6.45, 7) is 6.57. The fraction of sp³-hybridized carbons (Fsp3) is 0.192. The van der Waals surface area contributed by atoms with E-state index in [0.29, 0.717) is 5.16 Å². The van der Waals surface area contributed by atoms with E-state index in [1.54, 1.807) is 18.6 Å². The molecule has 4 aromatic rings. The topological polar surface area (TPSA) is 85.1 Å². The quantitative estimate of drug-likeness (QED) is 0.237. The van der Waals surface area contributed by atoms with Gasteiger partial charge in [0.15, 0.2) is 11.0 Å². The van der Waals surface area contributed by atoms with Crippen LogP contribution < -0.4 is 5.43 Å². The third-order valence-corrected chi connectivity index (χ3v) is 6.03. The lowest BCUT2D eigenvalue weighted by atomic mass is 9.87. The highest BCUT2D eigenvalue weighted by molar-refractivity contribution is 7.99. The third-order valence-electron chi connectivity index (χ3n) is 5.10. The molecule has 0 bridgehead atoms. The number of thioether (sulfide) groups is 1. The van der Waals surface area contributed by atoms with Crippen molar-refractivity contribution >= 4 is 23.9 Å². The molecule has 0 spiro atoms. The molecule has 0 saturated heterocycles. The number of amides is 1. The molecule has 0 unspecified atom stereocenters. The van der Waals surface area contributed by atoms with Gasteiger partial charge in [0.1, 0.15) is 0 Å². The normalized spacial score (nSPS) is 11.6. The van der Waals surface area contributed by atoms with Crippen LogP contribution in [-0.2, 0) is 10.2 Å². The van der Waals surface area contributed by atoms with Gasteiger partial charge in [-0.25, -0.2) is 5.43 Å². The maximum atomic E-state index is 12.3. The molecule has 34 heavy (non-hydrogen) atoms. The summed E-state index contributed by atoms with van der Waals surface area (Å²) in [5.41, 5.74) is 6.62. The summed E-state index contributed by atoms with van der Waals surface area (Å²) in [5, 5.41) is 13.5. The number of hydrogen-bond donors (Lipinski definition) is 1. The summed E-state index contributed by atoms with van der Waals surface area (Å²) >= 11 is 1.31. The summed E-state index contributed by atoms with van der Waals surface area (Å²) in [4.78, 5) is 16.3. The van der Waals surface area contributed by atoms with Crippen molar-refractivity contribution < 1.29 is 4.79 Å².